The summed E-state index contributed by atoms with van der Waals surface area (Å²) in [6, 6.07) is 7.05. The fraction of sp³-hybridized carbons (Fsp3) is 0.600. The average molecular weight is 345 g/mol. The van der Waals surface area contributed by atoms with E-state index >= 15 is 0 Å². The normalized spacial score (nSPS) is 12.9. The first kappa shape index (κ1) is 17.0. The van der Waals surface area contributed by atoms with Crippen molar-refractivity contribution in [2.24, 2.45) is 0 Å². The number of benzene rings is 1. The largest absolute Gasteiger partial charge is 0.313 e. The highest BCUT2D eigenvalue weighted by Crippen LogP contribution is 2.30. The minimum atomic E-state index is 0.394. The lowest BCUT2D eigenvalue weighted by Crippen LogP contribution is -2.25. The van der Waals surface area contributed by atoms with E-state index in [1.54, 1.807) is 0 Å². The highest BCUT2D eigenvalue weighted by molar-refractivity contribution is 9.10. The zero-order chi connectivity index (χ0) is 14.3. The van der Waals surface area contributed by atoms with Crippen molar-refractivity contribution in [2.75, 3.05) is 32.4 Å². The summed E-state index contributed by atoms with van der Waals surface area (Å²) in [6.07, 6.45) is 0. The van der Waals surface area contributed by atoms with Crippen LogP contribution >= 0.6 is 27.7 Å². The molecule has 0 spiro atoms. The van der Waals surface area contributed by atoms with E-state index in [1.165, 1.54) is 14.9 Å². The SMILES string of the molecule is CCN(CC)CCSc1ccc(C(C)NC)cc1Br. The number of nitrogens with zero attached hydrogens (tertiary/aromatic N) is 1. The molecule has 1 aromatic carbocycles. The quantitative estimate of drug-likeness (QED) is 0.712. The van der Waals surface area contributed by atoms with Crippen LogP contribution in [0.3, 0.4) is 0 Å². The Hall–Kier alpha value is -0.0300. The predicted octanol–water partition coefficient (Wildman–Crippen LogP) is 4.16. The van der Waals surface area contributed by atoms with Gasteiger partial charge in [-0.1, -0.05) is 19.9 Å². The predicted molar refractivity (Wildman–Crippen MR) is 90.1 cm³/mol. The number of rotatable bonds is 8. The van der Waals surface area contributed by atoms with Crippen LogP contribution in [-0.2, 0) is 0 Å². The van der Waals surface area contributed by atoms with Gasteiger partial charge in [0.25, 0.3) is 0 Å². The van der Waals surface area contributed by atoms with Crippen molar-refractivity contribution in [3.05, 3.63) is 28.2 Å². The molecule has 0 radical (unpaired) electrons. The van der Waals surface area contributed by atoms with Gasteiger partial charge in [0, 0.05) is 27.7 Å². The molecule has 0 aliphatic rings. The zero-order valence-electron chi connectivity index (χ0n) is 12.4. The van der Waals surface area contributed by atoms with Gasteiger partial charge in [-0.15, -0.1) is 11.8 Å². The van der Waals surface area contributed by atoms with Crippen LogP contribution in [0.25, 0.3) is 0 Å². The van der Waals surface area contributed by atoms with Gasteiger partial charge < -0.3 is 10.2 Å². The van der Waals surface area contributed by atoms with Crippen LogP contribution in [0.2, 0.25) is 0 Å². The smallest absolute Gasteiger partial charge is 0.0314 e. The van der Waals surface area contributed by atoms with Crippen LogP contribution in [-0.4, -0.2) is 37.3 Å². The van der Waals surface area contributed by atoms with E-state index in [9.17, 15) is 0 Å². The molecule has 0 bridgehead atoms. The van der Waals surface area contributed by atoms with Gasteiger partial charge in [0.15, 0.2) is 0 Å². The summed E-state index contributed by atoms with van der Waals surface area (Å²) in [5, 5.41) is 3.27. The van der Waals surface area contributed by atoms with Crippen LogP contribution in [0.15, 0.2) is 27.6 Å². The van der Waals surface area contributed by atoms with Crippen molar-refractivity contribution in [3.8, 4) is 0 Å². The molecule has 1 rings (SSSR count). The molecule has 0 heterocycles. The molecule has 4 heteroatoms. The third-order valence-corrected chi connectivity index (χ3v) is 5.42. The maximum atomic E-state index is 3.68. The van der Waals surface area contributed by atoms with Gasteiger partial charge in [0.1, 0.15) is 0 Å². The standard InChI is InChI=1S/C15H25BrN2S/c1-5-18(6-2)9-10-19-15-8-7-13(11-14(15)16)12(3)17-4/h7-8,11-12,17H,5-6,9-10H2,1-4H3. The number of hydrogen-bond acceptors (Lipinski definition) is 3. The number of nitrogens with one attached hydrogen (secondary N) is 1. The number of thioether (sulfide) groups is 1. The van der Waals surface area contributed by atoms with Crippen LogP contribution in [0.5, 0.6) is 0 Å². The highest BCUT2D eigenvalue weighted by Gasteiger charge is 2.07. The molecule has 0 fully saturated rings. The molecular weight excluding hydrogens is 320 g/mol. The first-order valence-corrected chi connectivity index (χ1v) is 8.72. The highest BCUT2D eigenvalue weighted by atomic mass is 79.9. The van der Waals surface area contributed by atoms with E-state index < -0.39 is 0 Å². The molecular formula is C15H25BrN2S. The van der Waals surface area contributed by atoms with Crippen molar-refractivity contribution in [1.29, 1.82) is 0 Å². The van der Waals surface area contributed by atoms with Crippen LogP contribution in [0.4, 0.5) is 0 Å². The molecule has 2 nitrogen and oxygen atoms in total. The Bertz CT molecular complexity index is 380. The molecule has 108 valence electrons. The molecule has 1 aromatic rings. The summed E-state index contributed by atoms with van der Waals surface area (Å²) in [5.74, 6) is 1.14. The number of hydrogen-bond donors (Lipinski definition) is 1. The van der Waals surface area contributed by atoms with Gasteiger partial charge in [-0.2, -0.15) is 0 Å². The van der Waals surface area contributed by atoms with E-state index in [1.807, 2.05) is 18.8 Å². The lowest BCUT2D eigenvalue weighted by molar-refractivity contribution is 0.324. The molecule has 1 unspecified atom stereocenters. The third-order valence-electron chi connectivity index (χ3n) is 3.45. The third kappa shape index (κ3) is 5.46. The van der Waals surface area contributed by atoms with E-state index in [0.29, 0.717) is 6.04 Å². The Morgan fingerprint density at radius 3 is 2.53 bits per heavy atom. The van der Waals surface area contributed by atoms with Gasteiger partial charge >= 0.3 is 0 Å². The molecule has 1 N–H and O–H groups in total. The molecule has 0 saturated heterocycles. The topological polar surface area (TPSA) is 15.3 Å². The van der Waals surface area contributed by atoms with Gasteiger partial charge in [0.05, 0.1) is 0 Å². The van der Waals surface area contributed by atoms with Crippen molar-refractivity contribution in [1.82, 2.24) is 10.2 Å². The second-order valence-corrected chi connectivity index (χ2v) is 6.57. The maximum absolute atomic E-state index is 3.68. The summed E-state index contributed by atoms with van der Waals surface area (Å²) in [4.78, 5) is 3.79. The van der Waals surface area contributed by atoms with Crippen molar-refractivity contribution < 1.29 is 0 Å². The van der Waals surface area contributed by atoms with Crippen molar-refractivity contribution in [3.63, 3.8) is 0 Å². The Kier molecular flexibility index (Phi) is 8.07. The van der Waals surface area contributed by atoms with Crippen molar-refractivity contribution in [2.45, 2.75) is 31.7 Å². The Morgan fingerprint density at radius 1 is 1.32 bits per heavy atom. The van der Waals surface area contributed by atoms with Gasteiger partial charge in [-0.25, -0.2) is 0 Å². The summed E-state index contributed by atoms with van der Waals surface area (Å²) in [6.45, 7) is 10.0. The monoisotopic (exact) mass is 344 g/mol. The van der Waals surface area contributed by atoms with E-state index in [4.69, 9.17) is 0 Å². The first-order chi connectivity index (χ1) is 9.12. The maximum Gasteiger partial charge on any atom is 0.0314 e. The first-order valence-electron chi connectivity index (χ1n) is 6.94. The lowest BCUT2D eigenvalue weighted by atomic mass is 10.1. The fourth-order valence-electron chi connectivity index (χ4n) is 1.89. The minimum Gasteiger partial charge on any atom is -0.313 e. The summed E-state index contributed by atoms with van der Waals surface area (Å²) in [5.41, 5.74) is 1.32. The van der Waals surface area contributed by atoms with E-state index in [0.717, 1.165) is 25.4 Å². The Balaban J connectivity index is 2.55. The summed E-state index contributed by atoms with van der Waals surface area (Å²) in [7, 11) is 1.99. The Morgan fingerprint density at radius 2 is 2.00 bits per heavy atom. The molecule has 0 saturated carbocycles. The molecule has 0 aromatic heterocycles. The van der Waals surface area contributed by atoms with Crippen LogP contribution in [0, 0.1) is 0 Å². The summed E-state index contributed by atoms with van der Waals surface area (Å²) < 4.78 is 1.21. The minimum absolute atomic E-state index is 0.394. The molecule has 0 amide bonds. The Labute approximate surface area is 130 Å². The van der Waals surface area contributed by atoms with Crippen LogP contribution in [0.1, 0.15) is 32.4 Å². The molecule has 0 aliphatic heterocycles. The number of halogens is 1. The molecule has 19 heavy (non-hydrogen) atoms. The summed E-state index contributed by atoms with van der Waals surface area (Å²) >= 11 is 5.61. The van der Waals surface area contributed by atoms with Gasteiger partial charge in [0.2, 0.25) is 0 Å². The zero-order valence-corrected chi connectivity index (χ0v) is 14.8. The second-order valence-electron chi connectivity index (χ2n) is 4.58. The molecule has 0 aliphatic carbocycles. The average Bonchev–Trinajstić information content (AvgIpc) is 2.44. The van der Waals surface area contributed by atoms with Gasteiger partial charge in [-0.3, -0.25) is 0 Å². The van der Waals surface area contributed by atoms with Crippen molar-refractivity contribution >= 4 is 27.7 Å². The lowest BCUT2D eigenvalue weighted by Gasteiger charge is -2.18. The van der Waals surface area contributed by atoms with E-state index in [2.05, 4.69) is 65.1 Å². The van der Waals surface area contributed by atoms with Gasteiger partial charge in [-0.05, 0) is 60.7 Å². The second kappa shape index (κ2) is 9.01. The molecule has 1 atom stereocenters. The van der Waals surface area contributed by atoms with Crippen LogP contribution < -0.4 is 5.32 Å². The van der Waals surface area contributed by atoms with E-state index in [-0.39, 0.29) is 0 Å². The fourth-order valence-corrected chi connectivity index (χ4v) is 3.57.